The minimum atomic E-state index is 0.0772. The van der Waals surface area contributed by atoms with Gasteiger partial charge in [-0.2, -0.15) is 0 Å². The highest BCUT2D eigenvalue weighted by Crippen LogP contribution is 2.37. The molecule has 0 radical (unpaired) electrons. The van der Waals surface area contributed by atoms with Crippen LogP contribution in [0.5, 0.6) is 0 Å². The summed E-state index contributed by atoms with van der Waals surface area (Å²) < 4.78 is 0. The molecule has 2 unspecified atom stereocenters. The van der Waals surface area contributed by atoms with Crippen molar-refractivity contribution in [3.8, 4) is 0 Å². The summed E-state index contributed by atoms with van der Waals surface area (Å²) in [7, 11) is 0. The van der Waals surface area contributed by atoms with Gasteiger partial charge in [-0.05, 0) is 30.6 Å². The van der Waals surface area contributed by atoms with Gasteiger partial charge in [0.05, 0.1) is 0 Å². The fraction of sp³-hybridized carbons (Fsp3) is 0.923. The van der Waals surface area contributed by atoms with Gasteiger partial charge < -0.3 is 5.32 Å². The molecule has 1 amide bonds. The first-order valence-electron chi connectivity index (χ1n) is 6.22. The highest BCUT2D eigenvalue weighted by Gasteiger charge is 2.34. The lowest BCUT2D eigenvalue weighted by molar-refractivity contribution is -0.126. The summed E-state index contributed by atoms with van der Waals surface area (Å²) in [5.41, 5.74) is 0.0772. The first-order valence-corrected chi connectivity index (χ1v) is 6.76. The molecule has 1 saturated carbocycles. The van der Waals surface area contributed by atoms with E-state index in [2.05, 4.69) is 26.1 Å². The summed E-state index contributed by atoms with van der Waals surface area (Å²) in [6, 6.07) is 0.179. The van der Waals surface area contributed by atoms with Crippen LogP contribution >= 0.6 is 11.6 Å². The van der Waals surface area contributed by atoms with E-state index in [4.69, 9.17) is 11.6 Å². The van der Waals surface area contributed by atoms with Crippen molar-refractivity contribution in [3.05, 3.63) is 0 Å². The minimum Gasteiger partial charge on any atom is -0.353 e. The van der Waals surface area contributed by atoms with Gasteiger partial charge in [-0.3, -0.25) is 4.79 Å². The maximum Gasteiger partial charge on any atom is 0.223 e. The van der Waals surface area contributed by atoms with E-state index < -0.39 is 0 Å². The molecule has 0 bridgehead atoms. The van der Waals surface area contributed by atoms with Crippen LogP contribution in [0.4, 0.5) is 0 Å². The second-order valence-electron chi connectivity index (χ2n) is 6.03. The molecule has 0 aliphatic heterocycles. The van der Waals surface area contributed by atoms with Crippen molar-refractivity contribution >= 4 is 17.5 Å². The van der Waals surface area contributed by atoms with Crippen LogP contribution in [0.3, 0.4) is 0 Å². The molecular weight excluding hydrogens is 222 g/mol. The largest absolute Gasteiger partial charge is 0.353 e. The lowest BCUT2D eigenvalue weighted by Crippen LogP contribution is -2.46. The number of carbonyl (C=O) groups is 1. The summed E-state index contributed by atoms with van der Waals surface area (Å²) >= 11 is 5.79. The lowest BCUT2D eigenvalue weighted by Gasteiger charge is -2.32. The molecule has 1 N–H and O–H groups in total. The monoisotopic (exact) mass is 245 g/mol. The summed E-state index contributed by atoms with van der Waals surface area (Å²) in [6.07, 6.45) is 3.27. The van der Waals surface area contributed by atoms with Crippen molar-refractivity contribution in [1.82, 2.24) is 5.32 Å². The molecule has 1 fully saturated rings. The van der Waals surface area contributed by atoms with Gasteiger partial charge in [-0.1, -0.05) is 27.7 Å². The van der Waals surface area contributed by atoms with Crippen LogP contribution in [-0.2, 0) is 4.79 Å². The van der Waals surface area contributed by atoms with Crippen molar-refractivity contribution in [1.29, 1.82) is 0 Å². The quantitative estimate of drug-likeness (QED) is 0.741. The Labute approximate surface area is 104 Å². The molecule has 1 rings (SSSR count). The average molecular weight is 246 g/mol. The van der Waals surface area contributed by atoms with E-state index in [0.717, 1.165) is 6.42 Å². The topological polar surface area (TPSA) is 29.1 Å². The van der Waals surface area contributed by atoms with Gasteiger partial charge in [0.2, 0.25) is 5.91 Å². The molecule has 2 atom stereocenters. The highest BCUT2D eigenvalue weighted by molar-refractivity contribution is 6.17. The number of alkyl halides is 1. The summed E-state index contributed by atoms with van der Waals surface area (Å²) in [5.74, 6) is 1.59. The predicted molar refractivity (Wildman–Crippen MR) is 68.6 cm³/mol. The van der Waals surface area contributed by atoms with Crippen molar-refractivity contribution in [2.75, 3.05) is 5.88 Å². The average Bonchev–Trinajstić information content (AvgIpc) is 2.97. The summed E-state index contributed by atoms with van der Waals surface area (Å²) in [6.45, 7) is 8.47. The Hall–Kier alpha value is -0.240. The molecule has 0 saturated heterocycles. The van der Waals surface area contributed by atoms with Gasteiger partial charge in [0.15, 0.2) is 0 Å². The molecule has 0 aromatic carbocycles. The fourth-order valence-electron chi connectivity index (χ4n) is 1.94. The maximum absolute atomic E-state index is 12.0. The Balaban J connectivity index is 2.50. The Morgan fingerprint density at radius 3 is 2.38 bits per heavy atom. The molecule has 3 heteroatoms. The molecule has 1 aliphatic rings. The number of halogens is 1. The molecule has 94 valence electrons. The molecule has 0 heterocycles. The van der Waals surface area contributed by atoms with Gasteiger partial charge in [-0.15, -0.1) is 11.6 Å². The van der Waals surface area contributed by atoms with Crippen LogP contribution < -0.4 is 5.32 Å². The van der Waals surface area contributed by atoms with Crippen molar-refractivity contribution in [2.45, 2.75) is 53.0 Å². The van der Waals surface area contributed by atoms with Crippen LogP contribution in [0.25, 0.3) is 0 Å². The van der Waals surface area contributed by atoms with E-state index in [0.29, 0.717) is 11.8 Å². The fourth-order valence-corrected chi connectivity index (χ4v) is 2.16. The Morgan fingerprint density at radius 2 is 2.00 bits per heavy atom. The molecule has 0 spiro atoms. The van der Waals surface area contributed by atoms with E-state index in [-0.39, 0.29) is 23.3 Å². The summed E-state index contributed by atoms with van der Waals surface area (Å²) in [4.78, 5) is 12.0. The van der Waals surface area contributed by atoms with Crippen LogP contribution in [0.2, 0.25) is 0 Å². The Bertz CT molecular complexity index is 243. The molecular formula is C13H24ClNO. The van der Waals surface area contributed by atoms with E-state index in [1.54, 1.807) is 0 Å². The zero-order chi connectivity index (χ0) is 12.3. The number of rotatable bonds is 5. The second kappa shape index (κ2) is 5.39. The van der Waals surface area contributed by atoms with Gasteiger partial charge in [0.1, 0.15) is 0 Å². The third kappa shape index (κ3) is 3.97. The maximum atomic E-state index is 12.0. The highest BCUT2D eigenvalue weighted by atomic mass is 35.5. The molecule has 1 aliphatic carbocycles. The third-order valence-electron chi connectivity index (χ3n) is 3.50. The molecule has 16 heavy (non-hydrogen) atoms. The van der Waals surface area contributed by atoms with Crippen molar-refractivity contribution in [2.24, 2.45) is 17.3 Å². The molecule has 2 nitrogen and oxygen atoms in total. The number of hydrogen-bond acceptors (Lipinski definition) is 1. The van der Waals surface area contributed by atoms with Crippen molar-refractivity contribution in [3.63, 3.8) is 0 Å². The van der Waals surface area contributed by atoms with E-state index in [1.807, 2.05) is 6.92 Å². The van der Waals surface area contributed by atoms with Gasteiger partial charge in [0.25, 0.3) is 0 Å². The number of hydrogen-bond donors (Lipinski definition) is 1. The Kier molecular flexibility index (Phi) is 4.66. The first-order chi connectivity index (χ1) is 7.36. The summed E-state index contributed by atoms with van der Waals surface area (Å²) in [5, 5.41) is 3.16. The van der Waals surface area contributed by atoms with Crippen LogP contribution in [-0.4, -0.2) is 17.8 Å². The predicted octanol–water partition coefficient (Wildman–Crippen LogP) is 3.19. The van der Waals surface area contributed by atoms with E-state index >= 15 is 0 Å². The van der Waals surface area contributed by atoms with Gasteiger partial charge >= 0.3 is 0 Å². The zero-order valence-electron chi connectivity index (χ0n) is 10.8. The standard InChI is InChI=1S/C13H24ClNO/c1-9(10-5-6-10)12(16)15-11(7-8-14)13(2,3)4/h9-11H,5-8H2,1-4H3,(H,15,16). The second-order valence-corrected chi connectivity index (χ2v) is 6.41. The Morgan fingerprint density at radius 1 is 1.44 bits per heavy atom. The third-order valence-corrected chi connectivity index (χ3v) is 3.72. The first kappa shape index (κ1) is 13.8. The van der Waals surface area contributed by atoms with Crippen molar-refractivity contribution < 1.29 is 4.79 Å². The normalized spacial score (nSPS) is 20.3. The van der Waals surface area contributed by atoms with Crippen LogP contribution in [0.15, 0.2) is 0 Å². The number of carbonyl (C=O) groups excluding carboxylic acids is 1. The van der Waals surface area contributed by atoms with Gasteiger partial charge in [0, 0.05) is 17.8 Å². The van der Waals surface area contributed by atoms with Gasteiger partial charge in [-0.25, -0.2) is 0 Å². The van der Waals surface area contributed by atoms with E-state index in [1.165, 1.54) is 12.8 Å². The number of nitrogens with one attached hydrogen (secondary N) is 1. The lowest BCUT2D eigenvalue weighted by atomic mass is 9.84. The minimum absolute atomic E-state index is 0.0772. The number of amides is 1. The smallest absolute Gasteiger partial charge is 0.223 e. The van der Waals surface area contributed by atoms with Crippen LogP contribution in [0.1, 0.15) is 47.0 Å². The molecule has 0 aromatic rings. The zero-order valence-corrected chi connectivity index (χ0v) is 11.6. The SMILES string of the molecule is CC(C(=O)NC(CCCl)C(C)(C)C)C1CC1. The van der Waals surface area contributed by atoms with Crippen LogP contribution in [0, 0.1) is 17.3 Å². The van der Waals surface area contributed by atoms with E-state index in [9.17, 15) is 4.79 Å². The molecule has 0 aromatic heterocycles.